The maximum absolute atomic E-state index is 11.9. The lowest BCUT2D eigenvalue weighted by Gasteiger charge is -2.07. The third kappa shape index (κ3) is 2.28. The van der Waals surface area contributed by atoms with E-state index in [1.165, 1.54) is 13.4 Å². The summed E-state index contributed by atoms with van der Waals surface area (Å²) >= 11 is 0. The van der Waals surface area contributed by atoms with Gasteiger partial charge in [0.15, 0.2) is 9.84 Å². The fraction of sp³-hybridized carbons (Fsp3) is 0.500. The molecule has 0 unspecified atom stereocenters. The van der Waals surface area contributed by atoms with Crippen LogP contribution in [0.2, 0.25) is 0 Å². The summed E-state index contributed by atoms with van der Waals surface area (Å²) in [4.78, 5) is 0. The summed E-state index contributed by atoms with van der Waals surface area (Å²) in [6, 6.07) is 9.29. The van der Waals surface area contributed by atoms with Gasteiger partial charge in [0.25, 0.3) is 0 Å². The van der Waals surface area contributed by atoms with Gasteiger partial charge in [0, 0.05) is 19.3 Å². The molecule has 2 rings (SSSR count). The average molecular weight is 295 g/mol. The molecule has 0 bridgehead atoms. The summed E-state index contributed by atoms with van der Waals surface area (Å²) in [7, 11) is -0.279. The highest BCUT2D eigenvalue weighted by molar-refractivity contribution is 7.91. The number of hydrogen-bond donors (Lipinski definition) is 0. The third-order valence-electron chi connectivity index (χ3n) is 3.78. The van der Waals surface area contributed by atoms with Gasteiger partial charge in [-0.15, -0.1) is 0 Å². The van der Waals surface area contributed by atoms with E-state index in [2.05, 4.69) is 6.07 Å². The van der Waals surface area contributed by atoms with Gasteiger partial charge in [-0.3, -0.25) is 0 Å². The highest BCUT2D eigenvalue weighted by atomic mass is 32.2. The van der Waals surface area contributed by atoms with E-state index in [-0.39, 0.29) is 12.5 Å². The fourth-order valence-corrected chi connectivity index (χ4v) is 4.74. The summed E-state index contributed by atoms with van der Waals surface area (Å²) in [5.74, 6) is 0.341. The molecule has 20 heavy (non-hydrogen) atoms. The van der Waals surface area contributed by atoms with Crippen molar-refractivity contribution in [3.63, 3.8) is 0 Å². The van der Waals surface area contributed by atoms with Gasteiger partial charge >= 0.3 is 0 Å². The van der Waals surface area contributed by atoms with Crippen molar-refractivity contribution < 1.29 is 17.9 Å². The standard InChI is InChI=1S/C14H17NO4S/c1-18-9-14(8-15)12(13(14)20(3,16)17)10-4-6-11(19-2)7-5-10/h4-7,12-13H,9H2,1-3H3/t12-,13-,14-/m1/s1. The fourth-order valence-electron chi connectivity index (χ4n) is 2.89. The zero-order valence-corrected chi connectivity index (χ0v) is 12.5. The second kappa shape index (κ2) is 5.08. The monoisotopic (exact) mass is 295 g/mol. The Hall–Kier alpha value is -1.58. The number of ether oxygens (including phenoxy) is 2. The molecule has 0 saturated heterocycles. The molecule has 1 aliphatic rings. The van der Waals surface area contributed by atoms with E-state index in [9.17, 15) is 13.7 Å². The minimum Gasteiger partial charge on any atom is -0.497 e. The predicted molar refractivity (Wildman–Crippen MR) is 74.3 cm³/mol. The van der Waals surface area contributed by atoms with Crippen LogP contribution in [-0.2, 0) is 14.6 Å². The van der Waals surface area contributed by atoms with Crippen molar-refractivity contribution in [3.05, 3.63) is 29.8 Å². The van der Waals surface area contributed by atoms with Crippen LogP contribution in [0.25, 0.3) is 0 Å². The van der Waals surface area contributed by atoms with Crippen LogP contribution in [0.15, 0.2) is 24.3 Å². The summed E-state index contributed by atoms with van der Waals surface area (Å²) in [5.41, 5.74) is -0.170. The molecular weight excluding hydrogens is 278 g/mol. The van der Waals surface area contributed by atoms with E-state index in [1.807, 2.05) is 0 Å². The number of nitriles is 1. The van der Waals surface area contributed by atoms with Gasteiger partial charge in [0.2, 0.25) is 0 Å². The van der Waals surface area contributed by atoms with Crippen LogP contribution in [0, 0.1) is 16.7 Å². The first kappa shape index (κ1) is 14.8. The zero-order valence-electron chi connectivity index (χ0n) is 11.7. The number of rotatable bonds is 5. The second-order valence-corrected chi connectivity index (χ2v) is 7.25. The van der Waals surface area contributed by atoms with E-state index in [4.69, 9.17) is 9.47 Å². The molecule has 1 aromatic rings. The molecule has 0 heterocycles. The Morgan fingerprint density at radius 2 is 1.90 bits per heavy atom. The quantitative estimate of drug-likeness (QED) is 0.820. The molecule has 3 atom stereocenters. The van der Waals surface area contributed by atoms with Crippen LogP contribution in [0.3, 0.4) is 0 Å². The summed E-state index contributed by atoms with van der Waals surface area (Å²) in [6.07, 6.45) is 1.17. The lowest BCUT2D eigenvalue weighted by atomic mass is 10.0. The van der Waals surface area contributed by atoms with Crippen LogP contribution in [0.5, 0.6) is 5.75 Å². The normalized spacial score (nSPS) is 28.7. The maximum Gasteiger partial charge on any atom is 0.152 e. The van der Waals surface area contributed by atoms with Gasteiger partial charge in [0.05, 0.1) is 25.0 Å². The molecule has 0 amide bonds. The van der Waals surface area contributed by atoms with Crippen LogP contribution in [-0.4, -0.2) is 40.7 Å². The first-order valence-corrected chi connectivity index (χ1v) is 8.09. The highest BCUT2D eigenvalue weighted by Crippen LogP contribution is 2.62. The smallest absolute Gasteiger partial charge is 0.152 e. The van der Waals surface area contributed by atoms with Crippen LogP contribution < -0.4 is 4.74 Å². The van der Waals surface area contributed by atoms with Gasteiger partial charge in [-0.05, 0) is 17.7 Å². The molecule has 0 spiro atoms. The molecule has 1 fully saturated rings. The van der Waals surface area contributed by atoms with Crippen molar-refractivity contribution in [1.82, 2.24) is 0 Å². The largest absolute Gasteiger partial charge is 0.497 e. The van der Waals surface area contributed by atoms with Crippen molar-refractivity contribution in [2.45, 2.75) is 11.2 Å². The Bertz CT molecular complexity index is 632. The molecule has 0 radical (unpaired) electrons. The van der Waals surface area contributed by atoms with Gasteiger partial charge in [-0.1, -0.05) is 12.1 Å². The minimum atomic E-state index is -3.32. The zero-order chi connectivity index (χ0) is 15.0. The second-order valence-electron chi connectivity index (χ2n) is 5.09. The predicted octanol–water partition coefficient (Wildman–Crippen LogP) is 1.36. The van der Waals surface area contributed by atoms with Crippen LogP contribution in [0.4, 0.5) is 0 Å². The molecule has 108 valence electrons. The summed E-state index contributed by atoms with van der Waals surface area (Å²) in [6.45, 7) is 0.109. The van der Waals surface area contributed by atoms with E-state index in [0.29, 0.717) is 5.75 Å². The topological polar surface area (TPSA) is 76.4 Å². The number of hydrogen-bond acceptors (Lipinski definition) is 5. The molecule has 0 aliphatic heterocycles. The Morgan fingerprint density at radius 1 is 1.30 bits per heavy atom. The molecule has 5 nitrogen and oxygen atoms in total. The van der Waals surface area contributed by atoms with Crippen LogP contribution >= 0.6 is 0 Å². The lowest BCUT2D eigenvalue weighted by Crippen LogP contribution is -2.17. The Labute approximate surface area is 119 Å². The van der Waals surface area contributed by atoms with E-state index >= 15 is 0 Å². The van der Waals surface area contributed by atoms with Crippen molar-refractivity contribution >= 4 is 9.84 Å². The molecule has 1 saturated carbocycles. The van der Waals surface area contributed by atoms with Gasteiger partial charge in [0.1, 0.15) is 11.2 Å². The van der Waals surface area contributed by atoms with E-state index in [0.717, 1.165) is 5.56 Å². The number of sulfone groups is 1. The molecule has 0 aromatic heterocycles. The number of benzene rings is 1. The van der Waals surface area contributed by atoms with E-state index in [1.54, 1.807) is 31.4 Å². The molecule has 6 heteroatoms. The maximum atomic E-state index is 11.9. The summed E-state index contributed by atoms with van der Waals surface area (Å²) in [5, 5.41) is 8.72. The van der Waals surface area contributed by atoms with Gasteiger partial charge in [-0.25, -0.2) is 8.42 Å². The Kier molecular flexibility index (Phi) is 3.76. The first-order valence-electron chi connectivity index (χ1n) is 6.13. The molecule has 1 aliphatic carbocycles. The number of methoxy groups -OCH3 is 2. The average Bonchev–Trinajstić information content (AvgIpc) is 3.09. The van der Waals surface area contributed by atoms with Crippen molar-refractivity contribution in [2.24, 2.45) is 5.41 Å². The van der Waals surface area contributed by atoms with Crippen molar-refractivity contribution in [1.29, 1.82) is 5.26 Å². The Balaban J connectivity index is 2.41. The lowest BCUT2D eigenvalue weighted by molar-refractivity contribution is 0.162. The third-order valence-corrected chi connectivity index (χ3v) is 5.40. The van der Waals surface area contributed by atoms with Crippen molar-refractivity contribution in [3.8, 4) is 11.8 Å². The Morgan fingerprint density at radius 3 is 2.30 bits per heavy atom. The molecular formula is C14H17NO4S. The van der Waals surface area contributed by atoms with Gasteiger partial charge in [-0.2, -0.15) is 5.26 Å². The molecule has 0 N–H and O–H groups in total. The van der Waals surface area contributed by atoms with E-state index < -0.39 is 20.5 Å². The number of nitrogens with zero attached hydrogens (tertiary/aromatic N) is 1. The highest BCUT2D eigenvalue weighted by Gasteiger charge is 2.71. The van der Waals surface area contributed by atoms with Crippen LogP contribution in [0.1, 0.15) is 11.5 Å². The minimum absolute atomic E-state index is 0.109. The molecule has 1 aromatic carbocycles. The van der Waals surface area contributed by atoms with Crippen molar-refractivity contribution in [2.75, 3.05) is 27.1 Å². The SMILES string of the molecule is COC[C@]1(C#N)[C@H](c2ccc(OC)cc2)[C@H]1S(C)(=O)=O. The summed E-state index contributed by atoms with van der Waals surface area (Å²) < 4.78 is 34.0. The first-order chi connectivity index (χ1) is 9.40. The van der Waals surface area contributed by atoms with Gasteiger partial charge < -0.3 is 9.47 Å².